The number of benzene rings is 1. The van der Waals surface area contributed by atoms with Crippen molar-refractivity contribution >= 4 is 51.2 Å². The fourth-order valence-electron chi connectivity index (χ4n) is 3.17. The number of nitrogens with one attached hydrogen (secondary N) is 2. The lowest BCUT2D eigenvalue weighted by Crippen LogP contribution is -2.34. The third-order valence-electron chi connectivity index (χ3n) is 4.53. The van der Waals surface area contributed by atoms with Gasteiger partial charge in [0.05, 0.1) is 10.5 Å². The Labute approximate surface area is 170 Å². The number of primary amides is 1. The first-order valence-corrected chi connectivity index (χ1v) is 9.80. The van der Waals surface area contributed by atoms with Crippen molar-refractivity contribution in [1.29, 1.82) is 0 Å². The zero-order chi connectivity index (χ0) is 20.4. The Kier molecular flexibility index (Phi) is 5.71. The van der Waals surface area contributed by atoms with E-state index in [-0.39, 0.29) is 16.4 Å². The second-order valence-corrected chi connectivity index (χ2v) is 8.15. The molecule has 4 N–H and O–H groups in total. The molecule has 0 radical (unpaired) electrons. The van der Waals surface area contributed by atoms with Gasteiger partial charge in [0.15, 0.2) is 5.11 Å². The average molecular weight is 419 g/mol. The van der Waals surface area contributed by atoms with Gasteiger partial charge >= 0.3 is 0 Å². The molecule has 2 aromatic rings. The number of amides is 2. The summed E-state index contributed by atoms with van der Waals surface area (Å²) in [6, 6.07) is 5.33. The SMILES string of the molecule is C[C@H]1CCc2c(sc(NC(=S)NC(=O)c3cccc([N+](=O)[O-])c3)c2C(N)=O)C1. The highest BCUT2D eigenvalue weighted by Gasteiger charge is 2.27. The Morgan fingerprint density at radius 1 is 1.39 bits per heavy atom. The van der Waals surface area contributed by atoms with Crippen LogP contribution < -0.4 is 16.4 Å². The molecule has 0 fully saturated rings. The predicted molar refractivity (Wildman–Crippen MR) is 111 cm³/mol. The lowest BCUT2D eigenvalue weighted by Gasteiger charge is -2.18. The molecule has 3 rings (SSSR count). The van der Waals surface area contributed by atoms with Crippen molar-refractivity contribution in [1.82, 2.24) is 5.32 Å². The third-order valence-corrected chi connectivity index (χ3v) is 5.91. The minimum Gasteiger partial charge on any atom is -0.365 e. The van der Waals surface area contributed by atoms with Crippen molar-refractivity contribution in [2.45, 2.75) is 26.2 Å². The number of hydrogen-bond donors (Lipinski definition) is 3. The molecule has 0 saturated heterocycles. The van der Waals surface area contributed by atoms with E-state index >= 15 is 0 Å². The molecule has 0 saturated carbocycles. The number of nitro benzene ring substituents is 1. The summed E-state index contributed by atoms with van der Waals surface area (Å²) in [7, 11) is 0. The molecule has 0 bridgehead atoms. The lowest BCUT2D eigenvalue weighted by molar-refractivity contribution is -0.384. The fourth-order valence-corrected chi connectivity index (χ4v) is 4.85. The number of hydrogen-bond acceptors (Lipinski definition) is 6. The van der Waals surface area contributed by atoms with Gasteiger partial charge in [-0.1, -0.05) is 13.0 Å². The molecule has 0 spiro atoms. The number of nitro groups is 1. The summed E-state index contributed by atoms with van der Waals surface area (Å²) in [5, 5.41) is 16.7. The van der Waals surface area contributed by atoms with Crippen LogP contribution in [0.5, 0.6) is 0 Å². The number of thiocarbonyl (C=S) groups is 1. The zero-order valence-electron chi connectivity index (χ0n) is 15.0. The van der Waals surface area contributed by atoms with Crippen molar-refractivity contribution in [3.63, 3.8) is 0 Å². The molecule has 0 aliphatic heterocycles. The van der Waals surface area contributed by atoms with Gasteiger partial charge in [-0.2, -0.15) is 0 Å². The van der Waals surface area contributed by atoms with Gasteiger partial charge in [-0.05, 0) is 49.0 Å². The Bertz CT molecular complexity index is 986. The van der Waals surface area contributed by atoms with Crippen LogP contribution >= 0.6 is 23.6 Å². The van der Waals surface area contributed by atoms with Crippen LogP contribution in [0.1, 0.15) is 44.5 Å². The third kappa shape index (κ3) is 4.18. The molecule has 1 heterocycles. The summed E-state index contributed by atoms with van der Waals surface area (Å²) in [5.74, 6) is -0.598. The van der Waals surface area contributed by atoms with E-state index in [4.69, 9.17) is 18.0 Å². The largest absolute Gasteiger partial charge is 0.365 e. The molecule has 0 unspecified atom stereocenters. The van der Waals surface area contributed by atoms with Crippen molar-refractivity contribution in [2.24, 2.45) is 11.7 Å². The summed E-state index contributed by atoms with van der Waals surface area (Å²) < 4.78 is 0. The summed E-state index contributed by atoms with van der Waals surface area (Å²) in [6.45, 7) is 2.16. The Balaban J connectivity index is 1.76. The summed E-state index contributed by atoms with van der Waals surface area (Å²) >= 11 is 6.60. The fraction of sp³-hybridized carbons (Fsp3) is 0.278. The molecular formula is C18H18N4O4S2. The molecule has 10 heteroatoms. The predicted octanol–water partition coefficient (Wildman–Crippen LogP) is 3.01. The van der Waals surface area contributed by atoms with Crippen LogP contribution in [0.3, 0.4) is 0 Å². The number of carbonyl (C=O) groups excluding carboxylic acids is 2. The van der Waals surface area contributed by atoms with Gasteiger partial charge in [0.2, 0.25) is 0 Å². The summed E-state index contributed by atoms with van der Waals surface area (Å²) in [5.41, 5.74) is 6.84. The van der Waals surface area contributed by atoms with Gasteiger partial charge in [-0.3, -0.25) is 25.0 Å². The van der Waals surface area contributed by atoms with Crippen LogP contribution in [0.4, 0.5) is 10.7 Å². The van der Waals surface area contributed by atoms with Crippen LogP contribution in [0.15, 0.2) is 24.3 Å². The van der Waals surface area contributed by atoms with E-state index in [1.165, 1.54) is 29.5 Å². The Morgan fingerprint density at radius 3 is 2.82 bits per heavy atom. The quantitative estimate of drug-likeness (QED) is 0.398. The molecule has 28 heavy (non-hydrogen) atoms. The average Bonchev–Trinajstić information content (AvgIpc) is 2.98. The molecule has 2 amide bonds. The number of non-ortho nitro benzene ring substituents is 1. The molecule has 1 atom stereocenters. The molecule has 1 aliphatic rings. The second-order valence-electron chi connectivity index (χ2n) is 6.64. The highest BCUT2D eigenvalue weighted by Crippen LogP contribution is 2.39. The van der Waals surface area contributed by atoms with Gasteiger partial charge in [0, 0.05) is 22.6 Å². The van der Waals surface area contributed by atoms with Crippen molar-refractivity contribution in [2.75, 3.05) is 5.32 Å². The molecule has 146 valence electrons. The maximum atomic E-state index is 12.3. The number of fused-ring (bicyclic) bond motifs is 1. The Hall–Kier alpha value is -2.85. The Morgan fingerprint density at radius 2 is 2.14 bits per heavy atom. The first-order chi connectivity index (χ1) is 13.3. The first kappa shape index (κ1) is 19.9. The van der Waals surface area contributed by atoms with Gasteiger partial charge < -0.3 is 11.1 Å². The van der Waals surface area contributed by atoms with Crippen molar-refractivity contribution < 1.29 is 14.5 Å². The van der Waals surface area contributed by atoms with E-state index in [1.54, 1.807) is 0 Å². The maximum Gasteiger partial charge on any atom is 0.270 e. The van der Waals surface area contributed by atoms with E-state index in [1.807, 2.05) is 0 Å². The van der Waals surface area contributed by atoms with Gasteiger partial charge in [0.25, 0.3) is 17.5 Å². The van der Waals surface area contributed by atoms with E-state index < -0.39 is 16.7 Å². The highest BCUT2D eigenvalue weighted by atomic mass is 32.1. The number of nitrogens with two attached hydrogens (primary N) is 1. The van der Waals surface area contributed by atoms with Crippen LogP contribution in [-0.4, -0.2) is 21.9 Å². The van der Waals surface area contributed by atoms with Crippen LogP contribution in [0.2, 0.25) is 0 Å². The molecule has 1 aliphatic carbocycles. The minimum absolute atomic E-state index is 0.00866. The normalized spacial score (nSPS) is 15.4. The highest BCUT2D eigenvalue weighted by molar-refractivity contribution is 7.80. The number of rotatable bonds is 4. The van der Waals surface area contributed by atoms with Crippen LogP contribution in [0.25, 0.3) is 0 Å². The molecule has 1 aromatic carbocycles. The van der Waals surface area contributed by atoms with Gasteiger partial charge in [0.1, 0.15) is 5.00 Å². The number of thiophene rings is 1. The minimum atomic E-state index is -0.586. The zero-order valence-corrected chi connectivity index (χ0v) is 16.6. The van der Waals surface area contributed by atoms with Crippen LogP contribution in [-0.2, 0) is 12.8 Å². The van der Waals surface area contributed by atoms with Crippen molar-refractivity contribution in [3.8, 4) is 0 Å². The monoisotopic (exact) mass is 418 g/mol. The summed E-state index contributed by atoms with van der Waals surface area (Å²) in [4.78, 5) is 35.7. The molecular weight excluding hydrogens is 400 g/mol. The standard InChI is InChI=1S/C18H18N4O4S2/c1-9-5-6-12-13(7-9)28-17(14(12)15(19)23)21-18(27)20-16(24)10-3-2-4-11(8-10)22(25)26/h2-4,8-9H,5-7H2,1H3,(H2,19,23)(H2,20,21,24,27)/t9-/m0/s1. The van der Waals surface area contributed by atoms with Crippen LogP contribution in [0, 0.1) is 16.0 Å². The van der Waals surface area contributed by atoms with E-state index in [0.29, 0.717) is 16.5 Å². The smallest absolute Gasteiger partial charge is 0.270 e. The lowest BCUT2D eigenvalue weighted by atomic mass is 9.88. The summed E-state index contributed by atoms with van der Waals surface area (Å²) in [6.07, 6.45) is 2.63. The van der Waals surface area contributed by atoms with E-state index in [2.05, 4.69) is 17.6 Å². The second kappa shape index (κ2) is 8.03. The van der Waals surface area contributed by atoms with Gasteiger partial charge in [-0.25, -0.2) is 0 Å². The number of nitrogens with zero attached hydrogens (tertiary/aromatic N) is 1. The molecule has 8 nitrogen and oxygen atoms in total. The number of anilines is 1. The van der Waals surface area contributed by atoms with E-state index in [0.717, 1.165) is 35.8 Å². The maximum absolute atomic E-state index is 12.3. The first-order valence-electron chi connectivity index (χ1n) is 8.57. The molecule has 1 aromatic heterocycles. The van der Waals surface area contributed by atoms with Crippen molar-refractivity contribution in [3.05, 3.63) is 55.9 Å². The number of carbonyl (C=O) groups is 2. The van der Waals surface area contributed by atoms with Gasteiger partial charge in [-0.15, -0.1) is 11.3 Å². The van der Waals surface area contributed by atoms with E-state index in [9.17, 15) is 19.7 Å². The topological polar surface area (TPSA) is 127 Å².